The molecule has 0 aliphatic carbocycles. The molecule has 2 atom stereocenters. The number of hydrogen-bond donors (Lipinski definition) is 2. The van der Waals surface area contributed by atoms with Crippen LogP contribution in [0.2, 0.25) is 5.02 Å². The number of hydrogen-bond acceptors (Lipinski definition) is 6. The van der Waals surface area contributed by atoms with Gasteiger partial charge in [0.2, 0.25) is 0 Å². The Balaban J connectivity index is 1.63. The second-order valence-corrected chi connectivity index (χ2v) is 9.73. The molecule has 1 fully saturated rings. The lowest BCUT2D eigenvalue weighted by Crippen LogP contribution is -2.52. The van der Waals surface area contributed by atoms with E-state index < -0.39 is 17.2 Å². The summed E-state index contributed by atoms with van der Waals surface area (Å²) >= 11 is 6.13. The minimum absolute atomic E-state index is 0.129. The van der Waals surface area contributed by atoms with Crippen molar-refractivity contribution in [3.05, 3.63) is 94.0 Å². The number of halogens is 3. The predicted molar refractivity (Wildman–Crippen MR) is 138 cm³/mol. The van der Waals surface area contributed by atoms with Crippen molar-refractivity contribution in [2.24, 2.45) is 0 Å². The Morgan fingerprint density at radius 2 is 1.78 bits per heavy atom. The van der Waals surface area contributed by atoms with Crippen molar-refractivity contribution >= 4 is 17.3 Å². The first-order valence-corrected chi connectivity index (χ1v) is 12.3. The number of rotatable bonds is 8. The standard InChI is InChI=1S/C28H28ClF2N3O3/c1-28(36,21-13-23(30)15-24(31)14-21)18-33-8-9-34(27(17-33)19-2-4-22(29)5-3-19)26-7-6-25(37-11-10-35)12-20(26)16-32/h2-7,12-15,27,35-36H,8-11,17-18H2,1H3/t27-,28+/m0/s1. The van der Waals surface area contributed by atoms with Crippen LogP contribution in [0.25, 0.3) is 0 Å². The number of anilines is 1. The number of ether oxygens (including phenoxy) is 1. The zero-order valence-corrected chi connectivity index (χ0v) is 21.1. The molecule has 0 aromatic heterocycles. The number of piperazine rings is 1. The molecule has 0 saturated carbocycles. The molecule has 3 aromatic rings. The Morgan fingerprint density at radius 1 is 1.08 bits per heavy atom. The first kappa shape index (κ1) is 26.8. The quantitative estimate of drug-likeness (QED) is 0.444. The highest BCUT2D eigenvalue weighted by atomic mass is 35.5. The fourth-order valence-electron chi connectivity index (χ4n) is 4.74. The fourth-order valence-corrected chi connectivity index (χ4v) is 4.87. The summed E-state index contributed by atoms with van der Waals surface area (Å²) in [5.74, 6) is -0.987. The van der Waals surface area contributed by atoms with Crippen molar-refractivity contribution in [3.8, 4) is 11.8 Å². The maximum absolute atomic E-state index is 13.8. The number of nitrogens with zero attached hydrogens (tertiary/aromatic N) is 3. The van der Waals surface area contributed by atoms with Crippen LogP contribution < -0.4 is 9.64 Å². The predicted octanol–water partition coefficient (Wildman–Crippen LogP) is 4.63. The molecule has 6 nitrogen and oxygen atoms in total. The summed E-state index contributed by atoms with van der Waals surface area (Å²) in [5, 5.41) is 30.7. The van der Waals surface area contributed by atoms with Gasteiger partial charge in [0.1, 0.15) is 30.1 Å². The topological polar surface area (TPSA) is 80.0 Å². The molecule has 37 heavy (non-hydrogen) atoms. The van der Waals surface area contributed by atoms with Crippen molar-refractivity contribution in [2.45, 2.75) is 18.6 Å². The number of β-amino-alcohol motifs (C(OH)–C–C–N with tert-alkyl or cyclic N) is 1. The summed E-state index contributed by atoms with van der Waals surface area (Å²) in [6, 6.07) is 17.8. The zero-order chi connectivity index (χ0) is 26.6. The maximum atomic E-state index is 13.8. The number of aliphatic hydroxyl groups is 2. The van der Waals surface area contributed by atoms with Gasteiger partial charge in [-0.15, -0.1) is 0 Å². The Kier molecular flexibility index (Phi) is 8.30. The van der Waals surface area contributed by atoms with Crippen LogP contribution in [-0.2, 0) is 5.60 Å². The molecule has 1 aliphatic heterocycles. The van der Waals surface area contributed by atoms with Gasteiger partial charge < -0.3 is 19.8 Å². The van der Waals surface area contributed by atoms with Crippen LogP contribution in [0, 0.1) is 23.0 Å². The minimum Gasteiger partial charge on any atom is -0.491 e. The van der Waals surface area contributed by atoms with Crippen LogP contribution in [0.3, 0.4) is 0 Å². The van der Waals surface area contributed by atoms with E-state index in [0.29, 0.717) is 36.0 Å². The van der Waals surface area contributed by atoms with Gasteiger partial charge in [-0.05, 0) is 60.5 Å². The van der Waals surface area contributed by atoms with Gasteiger partial charge in [-0.3, -0.25) is 4.90 Å². The summed E-state index contributed by atoms with van der Waals surface area (Å²) in [7, 11) is 0. The van der Waals surface area contributed by atoms with Gasteiger partial charge in [0.05, 0.1) is 29.5 Å². The van der Waals surface area contributed by atoms with Crippen LogP contribution in [-0.4, -0.2) is 54.5 Å². The molecule has 4 rings (SSSR count). The lowest BCUT2D eigenvalue weighted by atomic mass is 9.93. The van der Waals surface area contributed by atoms with E-state index in [1.807, 2.05) is 23.1 Å². The van der Waals surface area contributed by atoms with E-state index in [2.05, 4.69) is 11.0 Å². The number of nitriles is 1. The van der Waals surface area contributed by atoms with Gasteiger partial charge in [-0.2, -0.15) is 5.26 Å². The molecule has 0 bridgehead atoms. The Labute approximate surface area is 219 Å². The molecule has 3 aromatic carbocycles. The van der Waals surface area contributed by atoms with E-state index >= 15 is 0 Å². The molecule has 1 aliphatic rings. The second-order valence-electron chi connectivity index (χ2n) is 9.29. The van der Waals surface area contributed by atoms with Gasteiger partial charge in [-0.25, -0.2) is 8.78 Å². The third kappa shape index (κ3) is 6.38. The molecule has 194 valence electrons. The summed E-state index contributed by atoms with van der Waals surface area (Å²) in [6.07, 6.45) is 0. The molecule has 9 heteroatoms. The SMILES string of the molecule is C[C@@](O)(CN1CCN(c2ccc(OCCO)cc2C#N)[C@H](c2ccc(Cl)cc2)C1)c1cc(F)cc(F)c1. The zero-order valence-electron chi connectivity index (χ0n) is 20.4. The second kappa shape index (κ2) is 11.4. The van der Waals surface area contributed by atoms with Crippen LogP contribution in [0.1, 0.15) is 29.7 Å². The number of benzene rings is 3. The van der Waals surface area contributed by atoms with E-state index in [9.17, 15) is 19.1 Å². The molecule has 0 spiro atoms. The van der Waals surface area contributed by atoms with Crippen molar-refractivity contribution < 1.29 is 23.7 Å². The first-order valence-electron chi connectivity index (χ1n) is 11.9. The van der Waals surface area contributed by atoms with Gasteiger partial charge in [0, 0.05) is 37.3 Å². The van der Waals surface area contributed by atoms with Gasteiger partial charge in [-0.1, -0.05) is 23.7 Å². The summed E-state index contributed by atoms with van der Waals surface area (Å²) in [6.45, 7) is 3.28. The van der Waals surface area contributed by atoms with E-state index in [0.717, 1.165) is 29.4 Å². The highest BCUT2D eigenvalue weighted by molar-refractivity contribution is 6.30. The highest BCUT2D eigenvalue weighted by Crippen LogP contribution is 2.36. The van der Waals surface area contributed by atoms with Crippen LogP contribution in [0.4, 0.5) is 14.5 Å². The average molecular weight is 528 g/mol. The molecule has 0 amide bonds. The molecule has 0 radical (unpaired) electrons. The van der Waals surface area contributed by atoms with Crippen molar-refractivity contribution in [1.29, 1.82) is 5.26 Å². The average Bonchev–Trinajstić information content (AvgIpc) is 2.87. The van der Waals surface area contributed by atoms with E-state index in [1.165, 1.54) is 0 Å². The first-order chi connectivity index (χ1) is 17.7. The molecule has 1 saturated heterocycles. The number of aliphatic hydroxyl groups excluding tert-OH is 1. The van der Waals surface area contributed by atoms with Gasteiger partial charge in [0.15, 0.2) is 0 Å². The Morgan fingerprint density at radius 3 is 2.43 bits per heavy atom. The van der Waals surface area contributed by atoms with E-state index in [1.54, 1.807) is 31.2 Å². The van der Waals surface area contributed by atoms with Crippen molar-refractivity contribution in [1.82, 2.24) is 4.90 Å². The fraction of sp³-hybridized carbons (Fsp3) is 0.321. The Bertz CT molecular complexity index is 1260. The smallest absolute Gasteiger partial charge is 0.126 e. The van der Waals surface area contributed by atoms with E-state index in [-0.39, 0.29) is 31.4 Å². The van der Waals surface area contributed by atoms with Crippen molar-refractivity contribution in [2.75, 3.05) is 44.3 Å². The molecule has 0 unspecified atom stereocenters. The van der Waals surface area contributed by atoms with Crippen LogP contribution >= 0.6 is 11.6 Å². The largest absolute Gasteiger partial charge is 0.491 e. The lowest BCUT2D eigenvalue weighted by Gasteiger charge is -2.45. The lowest BCUT2D eigenvalue weighted by molar-refractivity contribution is 0.00980. The van der Waals surface area contributed by atoms with E-state index in [4.69, 9.17) is 21.4 Å². The van der Waals surface area contributed by atoms with Crippen molar-refractivity contribution in [3.63, 3.8) is 0 Å². The third-order valence-corrected chi connectivity index (χ3v) is 6.75. The molecule has 1 heterocycles. The summed E-state index contributed by atoms with van der Waals surface area (Å²) < 4.78 is 33.1. The van der Waals surface area contributed by atoms with Crippen LogP contribution in [0.15, 0.2) is 60.7 Å². The third-order valence-electron chi connectivity index (χ3n) is 6.49. The monoisotopic (exact) mass is 527 g/mol. The normalized spacial score (nSPS) is 17.8. The van der Waals surface area contributed by atoms with Gasteiger partial charge in [0.25, 0.3) is 0 Å². The van der Waals surface area contributed by atoms with Gasteiger partial charge >= 0.3 is 0 Å². The molecular weight excluding hydrogens is 500 g/mol. The summed E-state index contributed by atoms with van der Waals surface area (Å²) in [5.41, 5.74) is 0.817. The summed E-state index contributed by atoms with van der Waals surface area (Å²) in [4.78, 5) is 4.17. The van der Waals surface area contributed by atoms with Crippen LogP contribution in [0.5, 0.6) is 5.75 Å². The Hall–Kier alpha value is -3.22. The molecular formula is C28H28ClF2N3O3. The highest BCUT2D eigenvalue weighted by Gasteiger charge is 2.34. The minimum atomic E-state index is -1.49. The maximum Gasteiger partial charge on any atom is 0.126 e. The molecule has 2 N–H and O–H groups in total.